The van der Waals surface area contributed by atoms with Gasteiger partial charge < -0.3 is 15.8 Å². The molecule has 2 unspecified atom stereocenters. The van der Waals surface area contributed by atoms with E-state index in [2.05, 4.69) is 38.0 Å². The van der Waals surface area contributed by atoms with E-state index in [-0.39, 0.29) is 11.7 Å². The van der Waals surface area contributed by atoms with E-state index in [1.54, 1.807) is 0 Å². The second kappa shape index (κ2) is 5.53. The van der Waals surface area contributed by atoms with Gasteiger partial charge in [0.05, 0.1) is 18.2 Å². The maximum atomic E-state index is 5.84. The summed E-state index contributed by atoms with van der Waals surface area (Å²) in [6.45, 7) is 9.12. The van der Waals surface area contributed by atoms with E-state index in [1.807, 2.05) is 0 Å². The van der Waals surface area contributed by atoms with Gasteiger partial charge in [-0.1, -0.05) is 6.92 Å². The highest BCUT2D eigenvalue weighted by atomic mass is 16.5. The molecule has 16 heavy (non-hydrogen) atoms. The molecular formula is C12H25N3O. The summed E-state index contributed by atoms with van der Waals surface area (Å²) in [6, 6.07) is 0.379. The molecule has 0 radical (unpaired) electrons. The second-order valence-corrected chi connectivity index (χ2v) is 5.22. The zero-order chi connectivity index (χ0) is 12.2. The molecule has 1 aliphatic rings. The molecule has 0 aromatic heterocycles. The summed E-state index contributed by atoms with van der Waals surface area (Å²) in [6.07, 6.45) is 3.45. The predicted octanol–water partition coefficient (Wildman–Crippen LogP) is 1.65. The van der Waals surface area contributed by atoms with Gasteiger partial charge in [-0.3, -0.25) is 4.99 Å². The van der Waals surface area contributed by atoms with Crippen molar-refractivity contribution in [3.63, 3.8) is 0 Å². The molecule has 0 aromatic carbocycles. The Morgan fingerprint density at radius 1 is 1.62 bits per heavy atom. The van der Waals surface area contributed by atoms with Gasteiger partial charge in [-0.25, -0.2) is 0 Å². The fraction of sp³-hybridized carbons (Fsp3) is 0.917. The van der Waals surface area contributed by atoms with E-state index in [0.717, 1.165) is 19.3 Å². The maximum absolute atomic E-state index is 5.84. The summed E-state index contributed by atoms with van der Waals surface area (Å²) in [7, 11) is 0. The van der Waals surface area contributed by atoms with Crippen molar-refractivity contribution in [1.82, 2.24) is 5.32 Å². The lowest BCUT2D eigenvalue weighted by atomic mass is 10.1. The predicted molar refractivity (Wildman–Crippen MR) is 67.6 cm³/mol. The molecule has 0 spiro atoms. The zero-order valence-corrected chi connectivity index (χ0v) is 10.9. The van der Waals surface area contributed by atoms with Gasteiger partial charge in [0, 0.05) is 6.04 Å². The average molecular weight is 227 g/mol. The van der Waals surface area contributed by atoms with Crippen LogP contribution in [-0.4, -0.2) is 30.3 Å². The Labute approximate surface area is 98.6 Å². The third kappa shape index (κ3) is 4.39. The fourth-order valence-corrected chi connectivity index (χ4v) is 1.81. The summed E-state index contributed by atoms with van der Waals surface area (Å²) < 4.78 is 5.84. The first-order valence-corrected chi connectivity index (χ1v) is 6.17. The quantitative estimate of drug-likeness (QED) is 0.567. The Kier molecular flexibility index (Phi) is 4.59. The van der Waals surface area contributed by atoms with Crippen LogP contribution < -0.4 is 11.1 Å². The van der Waals surface area contributed by atoms with E-state index in [4.69, 9.17) is 10.5 Å². The Hall–Kier alpha value is -0.770. The van der Waals surface area contributed by atoms with Gasteiger partial charge >= 0.3 is 0 Å². The summed E-state index contributed by atoms with van der Waals surface area (Å²) in [4.78, 5) is 4.32. The fourth-order valence-electron chi connectivity index (χ4n) is 1.81. The van der Waals surface area contributed by atoms with Crippen LogP contribution in [0.1, 0.15) is 47.0 Å². The van der Waals surface area contributed by atoms with E-state index in [1.165, 1.54) is 0 Å². The molecule has 1 rings (SSSR count). The molecule has 2 atom stereocenters. The van der Waals surface area contributed by atoms with Gasteiger partial charge in [0.2, 0.25) is 0 Å². The third-order valence-electron chi connectivity index (χ3n) is 3.03. The lowest BCUT2D eigenvalue weighted by Crippen LogP contribution is -2.38. The van der Waals surface area contributed by atoms with Crippen molar-refractivity contribution in [2.24, 2.45) is 10.7 Å². The molecule has 4 heteroatoms. The van der Waals surface area contributed by atoms with E-state index in [0.29, 0.717) is 18.5 Å². The smallest absolute Gasteiger partial charge is 0.188 e. The van der Waals surface area contributed by atoms with Crippen LogP contribution >= 0.6 is 0 Å². The highest BCUT2D eigenvalue weighted by molar-refractivity contribution is 5.78. The van der Waals surface area contributed by atoms with Gasteiger partial charge in [0.25, 0.3) is 0 Å². The van der Waals surface area contributed by atoms with Crippen molar-refractivity contribution >= 4 is 5.96 Å². The number of aliphatic imine (C=N–C) groups is 1. The molecule has 0 aromatic rings. The van der Waals surface area contributed by atoms with Crippen molar-refractivity contribution in [2.75, 3.05) is 6.54 Å². The van der Waals surface area contributed by atoms with Gasteiger partial charge in [-0.15, -0.1) is 0 Å². The lowest BCUT2D eigenvalue weighted by molar-refractivity contribution is -0.0106. The van der Waals surface area contributed by atoms with E-state index >= 15 is 0 Å². The van der Waals surface area contributed by atoms with E-state index in [9.17, 15) is 0 Å². The van der Waals surface area contributed by atoms with Crippen LogP contribution in [0.4, 0.5) is 0 Å². The Morgan fingerprint density at radius 2 is 2.31 bits per heavy atom. The summed E-state index contributed by atoms with van der Waals surface area (Å²) in [5, 5.41) is 3.15. The molecule has 94 valence electrons. The molecule has 4 nitrogen and oxygen atoms in total. The minimum absolute atomic E-state index is 0.0130. The second-order valence-electron chi connectivity index (χ2n) is 5.22. The highest BCUT2D eigenvalue weighted by Gasteiger charge is 2.31. The third-order valence-corrected chi connectivity index (χ3v) is 3.03. The topological polar surface area (TPSA) is 59.6 Å². The average Bonchev–Trinajstić information content (AvgIpc) is 2.55. The van der Waals surface area contributed by atoms with Crippen LogP contribution in [0.15, 0.2) is 4.99 Å². The first kappa shape index (κ1) is 13.3. The van der Waals surface area contributed by atoms with Crippen LogP contribution in [0.25, 0.3) is 0 Å². The minimum atomic E-state index is 0.0130. The Balaban J connectivity index is 2.31. The highest BCUT2D eigenvalue weighted by Crippen LogP contribution is 2.29. The maximum Gasteiger partial charge on any atom is 0.188 e. The number of hydrogen-bond donors (Lipinski definition) is 2. The molecule has 1 saturated heterocycles. The number of nitrogens with zero attached hydrogens (tertiary/aromatic N) is 1. The van der Waals surface area contributed by atoms with Crippen molar-refractivity contribution in [1.29, 1.82) is 0 Å². The van der Waals surface area contributed by atoms with Crippen LogP contribution in [0, 0.1) is 0 Å². The number of rotatable bonds is 4. The first-order chi connectivity index (χ1) is 7.43. The zero-order valence-electron chi connectivity index (χ0n) is 10.9. The van der Waals surface area contributed by atoms with E-state index < -0.39 is 0 Å². The lowest BCUT2D eigenvalue weighted by Gasteiger charge is -2.18. The number of nitrogens with two attached hydrogens (primary N) is 1. The standard InChI is InChI=1S/C12H25N3O/c1-5-9(2)15-11(13)14-8-10-6-7-12(3,4)16-10/h9-10H,5-8H2,1-4H3,(H3,13,14,15). The SMILES string of the molecule is CCC(C)NC(N)=NCC1CCC(C)(C)O1. The molecular weight excluding hydrogens is 202 g/mol. The Morgan fingerprint density at radius 3 is 2.81 bits per heavy atom. The largest absolute Gasteiger partial charge is 0.370 e. The van der Waals surface area contributed by atoms with Gasteiger partial charge in [0.1, 0.15) is 0 Å². The van der Waals surface area contributed by atoms with Crippen molar-refractivity contribution in [2.45, 2.75) is 64.7 Å². The molecule has 0 bridgehead atoms. The van der Waals surface area contributed by atoms with Crippen LogP contribution in [0.3, 0.4) is 0 Å². The van der Waals surface area contributed by atoms with Crippen molar-refractivity contribution in [3.8, 4) is 0 Å². The number of nitrogens with one attached hydrogen (secondary N) is 1. The monoisotopic (exact) mass is 227 g/mol. The van der Waals surface area contributed by atoms with Crippen molar-refractivity contribution < 1.29 is 4.74 Å². The molecule has 1 heterocycles. The van der Waals surface area contributed by atoms with Crippen LogP contribution in [0.5, 0.6) is 0 Å². The van der Waals surface area contributed by atoms with Gasteiger partial charge in [-0.2, -0.15) is 0 Å². The summed E-state index contributed by atoms with van der Waals surface area (Å²) in [5.74, 6) is 0.530. The summed E-state index contributed by atoms with van der Waals surface area (Å²) in [5.41, 5.74) is 5.79. The van der Waals surface area contributed by atoms with Gasteiger partial charge in [0.15, 0.2) is 5.96 Å². The molecule has 1 fully saturated rings. The molecule has 0 aliphatic carbocycles. The number of guanidine groups is 1. The number of hydrogen-bond acceptors (Lipinski definition) is 2. The Bertz CT molecular complexity index is 251. The molecule has 1 aliphatic heterocycles. The number of ether oxygens (including phenoxy) is 1. The van der Waals surface area contributed by atoms with Crippen molar-refractivity contribution in [3.05, 3.63) is 0 Å². The first-order valence-electron chi connectivity index (χ1n) is 6.17. The summed E-state index contributed by atoms with van der Waals surface area (Å²) >= 11 is 0. The molecule has 0 saturated carbocycles. The molecule has 3 N–H and O–H groups in total. The normalized spacial score (nSPS) is 26.8. The molecule has 0 amide bonds. The minimum Gasteiger partial charge on any atom is -0.370 e. The van der Waals surface area contributed by atoms with Gasteiger partial charge in [-0.05, 0) is 40.0 Å². The van der Waals surface area contributed by atoms with Crippen LogP contribution in [0.2, 0.25) is 0 Å². The van der Waals surface area contributed by atoms with Crippen LogP contribution in [-0.2, 0) is 4.74 Å².